The smallest absolute Gasteiger partial charge is 0.309 e. The topological polar surface area (TPSA) is 58.2 Å². The van der Waals surface area contributed by atoms with E-state index in [1.54, 1.807) is 11.3 Å². The van der Waals surface area contributed by atoms with E-state index in [1.165, 1.54) is 18.4 Å². The lowest BCUT2D eigenvalue weighted by Crippen LogP contribution is -2.44. The van der Waals surface area contributed by atoms with Crippen LogP contribution in [0, 0.1) is 0 Å². The van der Waals surface area contributed by atoms with E-state index >= 15 is 0 Å². The molecule has 1 aliphatic rings. The Kier molecular flexibility index (Phi) is 6.05. The minimum Gasteiger partial charge on any atom is -0.348 e. The van der Waals surface area contributed by atoms with Gasteiger partial charge in [0.15, 0.2) is 0 Å². The summed E-state index contributed by atoms with van der Waals surface area (Å²) in [5.41, 5.74) is 1.19. The minimum absolute atomic E-state index is 0.174. The monoisotopic (exact) mass is 294 g/mol. The van der Waals surface area contributed by atoms with Crippen LogP contribution in [-0.2, 0) is 16.0 Å². The van der Waals surface area contributed by atoms with Crippen LogP contribution in [0.4, 0.5) is 0 Å². The second-order valence-electron chi connectivity index (χ2n) is 5.30. The highest BCUT2D eigenvalue weighted by Gasteiger charge is 2.19. The number of amides is 2. The molecule has 20 heavy (non-hydrogen) atoms. The van der Waals surface area contributed by atoms with E-state index in [1.807, 2.05) is 11.4 Å². The van der Waals surface area contributed by atoms with Gasteiger partial charge in [-0.25, -0.2) is 0 Å². The lowest BCUT2D eigenvalue weighted by atomic mass is 10.1. The van der Waals surface area contributed by atoms with Gasteiger partial charge >= 0.3 is 11.8 Å². The van der Waals surface area contributed by atoms with E-state index in [2.05, 4.69) is 16.0 Å². The molecule has 110 valence electrons. The minimum atomic E-state index is -0.510. The van der Waals surface area contributed by atoms with Gasteiger partial charge in [0, 0.05) is 12.6 Å². The molecule has 2 rings (SSSR count). The van der Waals surface area contributed by atoms with Gasteiger partial charge in [0.25, 0.3) is 0 Å². The summed E-state index contributed by atoms with van der Waals surface area (Å²) in [6.07, 6.45) is 7.52. The highest BCUT2D eigenvalue weighted by molar-refractivity contribution is 7.07. The van der Waals surface area contributed by atoms with Gasteiger partial charge in [-0.15, -0.1) is 0 Å². The Bertz CT molecular complexity index is 423. The third-order valence-corrected chi connectivity index (χ3v) is 4.41. The molecule has 1 aliphatic carbocycles. The van der Waals surface area contributed by atoms with Crippen molar-refractivity contribution >= 4 is 23.2 Å². The maximum Gasteiger partial charge on any atom is 0.309 e. The molecule has 1 saturated carbocycles. The number of carbonyl (C=O) groups is 2. The van der Waals surface area contributed by atoms with Crippen molar-refractivity contribution in [1.82, 2.24) is 10.6 Å². The van der Waals surface area contributed by atoms with E-state index in [4.69, 9.17) is 0 Å². The Morgan fingerprint density at radius 2 is 1.90 bits per heavy atom. The second kappa shape index (κ2) is 8.04. The fourth-order valence-electron chi connectivity index (χ4n) is 2.51. The molecule has 4 nitrogen and oxygen atoms in total. The first kappa shape index (κ1) is 15.0. The van der Waals surface area contributed by atoms with Crippen LogP contribution in [-0.4, -0.2) is 24.4 Å². The average molecular weight is 294 g/mol. The molecular formula is C15H22N2O2S. The van der Waals surface area contributed by atoms with Gasteiger partial charge < -0.3 is 10.6 Å². The van der Waals surface area contributed by atoms with Crippen molar-refractivity contribution in [2.45, 2.75) is 51.0 Å². The summed E-state index contributed by atoms with van der Waals surface area (Å²) in [5, 5.41) is 9.60. The zero-order valence-corrected chi connectivity index (χ0v) is 12.5. The first-order chi connectivity index (χ1) is 9.75. The highest BCUT2D eigenvalue weighted by Crippen LogP contribution is 2.17. The molecule has 0 spiro atoms. The van der Waals surface area contributed by atoms with Gasteiger partial charge in [-0.05, 0) is 41.7 Å². The van der Waals surface area contributed by atoms with Crippen LogP contribution in [0.1, 0.15) is 44.1 Å². The van der Waals surface area contributed by atoms with E-state index < -0.39 is 11.8 Å². The quantitative estimate of drug-likeness (QED) is 0.661. The standard InChI is InChI=1S/C15H22N2O2S/c18-14(16-9-7-12-8-10-20-11-12)15(19)17-13-5-3-1-2-4-6-13/h8,10-11,13H,1-7,9H2,(H,16,18)(H,17,19). The van der Waals surface area contributed by atoms with E-state index in [-0.39, 0.29) is 6.04 Å². The van der Waals surface area contributed by atoms with Crippen molar-refractivity contribution in [3.05, 3.63) is 22.4 Å². The number of rotatable bonds is 4. The van der Waals surface area contributed by atoms with E-state index in [0.29, 0.717) is 6.54 Å². The molecule has 0 radical (unpaired) electrons. The van der Waals surface area contributed by atoms with Crippen molar-refractivity contribution in [1.29, 1.82) is 0 Å². The number of hydrogen-bond donors (Lipinski definition) is 2. The Morgan fingerprint density at radius 3 is 2.55 bits per heavy atom. The molecule has 0 saturated heterocycles. The molecule has 1 aromatic heterocycles. The molecule has 1 aromatic rings. The highest BCUT2D eigenvalue weighted by atomic mass is 32.1. The predicted molar refractivity (Wildman–Crippen MR) is 80.7 cm³/mol. The summed E-state index contributed by atoms with van der Waals surface area (Å²) in [7, 11) is 0. The number of hydrogen-bond acceptors (Lipinski definition) is 3. The predicted octanol–water partition coefficient (Wildman–Crippen LogP) is 2.25. The Hall–Kier alpha value is -1.36. The second-order valence-corrected chi connectivity index (χ2v) is 6.08. The summed E-state index contributed by atoms with van der Waals surface area (Å²) >= 11 is 1.64. The van der Waals surface area contributed by atoms with Crippen molar-refractivity contribution in [3.8, 4) is 0 Å². The summed E-state index contributed by atoms with van der Waals surface area (Å²) in [6.45, 7) is 0.508. The van der Waals surface area contributed by atoms with Gasteiger partial charge in [-0.1, -0.05) is 25.7 Å². The molecule has 0 aliphatic heterocycles. The van der Waals surface area contributed by atoms with Gasteiger partial charge in [0.05, 0.1) is 0 Å². The maximum absolute atomic E-state index is 11.8. The summed E-state index contributed by atoms with van der Waals surface area (Å²) in [4.78, 5) is 23.5. The summed E-state index contributed by atoms with van der Waals surface area (Å²) in [5.74, 6) is -0.994. The van der Waals surface area contributed by atoms with Crippen molar-refractivity contribution in [2.24, 2.45) is 0 Å². The number of nitrogens with one attached hydrogen (secondary N) is 2. The van der Waals surface area contributed by atoms with Crippen LogP contribution in [0.5, 0.6) is 0 Å². The largest absolute Gasteiger partial charge is 0.348 e. The SMILES string of the molecule is O=C(NCCc1ccsc1)C(=O)NC1CCCCCC1. The van der Waals surface area contributed by atoms with Crippen LogP contribution >= 0.6 is 11.3 Å². The Morgan fingerprint density at radius 1 is 1.15 bits per heavy atom. The summed E-state index contributed by atoms with van der Waals surface area (Å²) in [6, 6.07) is 2.20. The first-order valence-electron chi connectivity index (χ1n) is 7.35. The third kappa shape index (κ3) is 4.96. The van der Waals surface area contributed by atoms with Crippen molar-refractivity contribution in [3.63, 3.8) is 0 Å². The molecule has 0 bridgehead atoms. The van der Waals surface area contributed by atoms with Crippen LogP contribution in [0.2, 0.25) is 0 Å². The van der Waals surface area contributed by atoms with Gasteiger partial charge in [0.1, 0.15) is 0 Å². The fourth-order valence-corrected chi connectivity index (χ4v) is 3.21. The molecule has 1 fully saturated rings. The zero-order chi connectivity index (χ0) is 14.2. The molecule has 5 heteroatoms. The number of carbonyl (C=O) groups excluding carboxylic acids is 2. The molecule has 2 N–H and O–H groups in total. The third-order valence-electron chi connectivity index (χ3n) is 3.68. The lowest BCUT2D eigenvalue weighted by Gasteiger charge is -2.15. The van der Waals surface area contributed by atoms with E-state index in [0.717, 1.165) is 32.1 Å². The maximum atomic E-state index is 11.8. The van der Waals surface area contributed by atoms with Crippen LogP contribution in [0.3, 0.4) is 0 Å². The fraction of sp³-hybridized carbons (Fsp3) is 0.600. The van der Waals surface area contributed by atoms with Gasteiger partial charge in [-0.3, -0.25) is 9.59 Å². The average Bonchev–Trinajstić information content (AvgIpc) is 2.82. The molecule has 0 aromatic carbocycles. The number of thiophene rings is 1. The van der Waals surface area contributed by atoms with Gasteiger partial charge in [0.2, 0.25) is 0 Å². The van der Waals surface area contributed by atoms with Crippen LogP contribution in [0.15, 0.2) is 16.8 Å². The van der Waals surface area contributed by atoms with Gasteiger partial charge in [-0.2, -0.15) is 11.3 Å². The van der Waals surface area contributed by atoms with Crippen LogP contribution in [0.25, 0.3) is 0 Å². The first-order valence-corrected chi connectivity index (χ1v) is 8.30. The van der Waals surface area contributed by atoms with E-state index in [9.17, 15) is 9.59 Å². The molecule has 0 unspecified atom stereocenters. The zero-order valence-electron chi connectivity index (χ0n) is 11.7. The normalized spacial score (nSPS) is 16.4. The Labute approximate surface area is 124 Å². The Balaban J connectivity index is 1.67. The van der Waals surface area contributed by atoms with Crippen molar-refractivity contribution in [2.75, 3.05) is 6.54 Å². The molecule has 2 amide bonds. The summed E-state index contributed by atoms with van der Waals surface area (Å²) < 4.78 is 0. The van der Waals surface area contributed by atoms with Crippen LogP contribution < -0.4 is 10.6 Å². The molecular weight excluding hydrogens is 272 g/mol. The molecule has 1 heterocycles. The van der Waals surface area contributed by atoms with Crippen molar-refractivity contribution < 1.29 is 9.59 Å². The molecule has 0 atom stereocenters. The lowest BCUT2D eigenvalue weighted by molar-refractivity contribution is -0.139.